The Labute approximate surface area is 122 Å². The Kier molecular flexibility index (Phi) is 4.35. The van der Waals surface area contributed by atoms with Crippen LogP contribution in [0.25, 0.3) is 0 Å². The summed E-state index contributed by atoms with van der Waals surface area (Å²) in [7, 11) is 0. The van der Waals surface area contributed by atoms with Crippen molar-refractivity contribution >= 4 is 11.8 Å². The van der Waals surface area contributed by atoms with Crippen LogP contribution in [0.3, 0.4) is 0 Å². The van der Waals surface area contributed by atoms with Gasteiger partial charge in [-0.05, 0) is 47.4 Å². The number of carboxylic acid groups (broad SMARTS) is 1. The summed E-state index contributed by atoms with van der Waals surface area (Å²) < 4.78 is 0. The molecule has 0 atom stereocenters. The molecule has 1 heterocycles. The minimum absolute atomic E-state index is 0.160. The van der Waals surface area contributed by atoms with Crippen molar-refractivity contribution in [2.24, 2.45) is 0 Å². The van der Waals surface area contributed by atoms with Gasteiger partial charge in [0.2, 0.25) is 0 Å². The van der Waals surface area contributed by atoms with Gasteiger partial charge in [0.15, 0.2) is 5.78 Å². The molecule has 108 valence electrons. The third kappa shape index (κ3) is 3.27. The molecule has 5 heteroatoms. The number of aliphatic carboxylic acids is 1. The van der Waals surface area contributed by atoms with Crippen molar-refractivity contribution in [3.8, 4) is 0 Å². The fourth-order valence-corrected chi connectivity index (χ4v) is 2.19. The number of carboxylic acids is 1. The van der Waals surface area contributed by atoms with Crippen molar-refractivity contribution < 1.29 is 19.9 Å². The van der Waals surface area contributed by atoms with E-state index in [0.29, 0.717) is 23.1 Å². The van der Waals surface area contributed by atoms with Crippen LogP contribution in [0.15, 0.2) is 71.1 Å². The average molecular weight is 285 g/mol. The zero-order valence-corrected chi connectivity index (χ0v) is 11.5. The van der Waals surface area contributed by atoms with Gasteiger partial charge in [-0.15, -0.1) is 0 Å². The second-order valence-electron chi connectivity index (χ2n) is 4.50. The summed E-state index contributed by atoms with van der Waals surface area (Å²) in [5.74, 6) is -1.21. The minimum Gasteiger partial charge on any atom is -0.478 e. The van der Waals surface area contributed by atoms with Crippen molar-refractivity contribution in [3.63, 3.8) is 0 Å². The zero-order chi connectivity index (χ0) is 15.4. The van der Waals surface area contributed by atoms with Gasteiger partial charge in [0, 0.05) is 12.4 Å². The second-order valence-corrected chi connectivity index (χ2v) is 4.50. The van der Waals surface area contributed by atoms with Gasteiger partial charge >= 0.3 is 5.97 Å². The summed E-state index contributed by atoms with van der Waals surface area (Å²) in [6.07, 6.45) is 12.4. The Morgan fingerprint density at radius 1 is 1.05 bits per heavy atom. The van der Waals surface area contributed by atoms with E-state index in [-0.39, 0.29) is 11.4 Å². The number of allylic oxidation sites excluding steroid dienone is 8. The normalized spacial score (nSPS) is 16.7. The summed E-state index contributed by atoms with van der Waals surface area (Å²) in [5, 5.41) is 19.7. The SMILES string of the molecule is CCC(=C1C=CN(O)C=C1)C(C(=O)O)=C1C=CC(=O)C=C1. The predicted octanol–water partition coefficient (Wildman–Crippen LogP) is 2.50. The lowest BCUT2D eigenvalue weighted by molar-refractivity contribution is -0.132. The van der Waals surface area contributed by atoms with Gasteiger partial charge in [0.05, 0.1) is 5.57 Å². The van der Waals surface area contributed by atoms with Gasteiger partial charge in [-0.3, -0.25) is 10.0 Å². The molecule has 0 aromatic rings. The largest absolute Gasteiger partial charge is 0.478 e. The van der Waals surface area contributed by atoms with Crippen molar-refractivity contribution in [3.05, 3.63) is 71.1 Å². The molecule has 5 nitrogen and oxygen atoms in total. The van der Waals surface area contributed by atoms with E-state index < -0.39 is 5.97 Å². The van der Waals surface area contributed by atoms with Gasteiger partial charge in [-0.2, -0.15) is 0 Å². The maximum Gasteiger partial charge on any atom is 0.336 e. The lowest BCUT2D eigenvalue weighted by Crippen LogP contribution is -2.11. The van der Waals surface area contributed by atoms with Gasteiger partial charge in [0.1, 0.15) is 0 Å². The molecule has 1 aliphatic carbocycles. The van der Waals surface area contributed by atoms with E-state index in [0.717, 1.165) is 5.06 Å². The molecule has 0 amide bonds. The molecule has 2 N–H and O–H groups in total. The molecule has 2 aliphatic rings. The number of carbonyl (C=O) groups is 2. The number of hydrogen-bond acceptors (Lipinski definition) is 4. The summed E-state index contributed by atoms with van der Waals surface area (Å²) in [6, 6.07) is 0. The van der Waals surface area contributed by atoms with Gasteiger partial charge in [-0.25, -0.2) is 9.86 Å². The Morgan fingerprint density at radius 2 is 1.62 bits per heavy atom. The zero-order valence-electron chi connectivity index (χ0n) is 11.5. The fourth-order valence-electron chi connectivity index (χ4n) is 2.19. The first-order valence-electron chi connectivity index (χ1n) is 6.47. The first-order chi connectivity index (χ1) is 10.0. The molecule has 0 radical (unpaired) electrons. The minimum atomic E-state index is -1.05. The van der Waals surface area contributed by atoms with Crippen molar-refractivity contribution in [1.82, 2.24) is 5.06 Å². The van der Waals surface area contributed by atoms with Crippen LogP contribution in [-0.4, -0.2) is 27.1 Å². The Balaban J connectivity index is 2.57. The summed E-state index contributed by atoms with van der Waals surface area (Å²) in [6.45, 7) is 1.86. The third-order valence-electron chi connectivity index (χ3n) is 3.17. The van der Waals surface area contributed by atoms with Crippen molar-refractivity contribution in [2.45, 2.75) is 13.3 Å². The van der Waals surface area contributed by atoms with Crippen LogP contribution in [0.1, 0.15) is 13.3 Å². The highest BCUT2D eigenvalue weighted by Gasteiger charge is 2.19. The van der Waals surface area contributed by atoms with E-state index >= 15 is 0 Å². The smallest absolute Gasteiger partial charge is 0.336 e. The third-order valence-corrected chi connectivity index (χ3v) is 3.17. The number of carbonyl (C=O) groups excluding carboxylic acids is 1. The van der Waals surface area contributed by atoms with Crippen LogP contribution in [0, 0.1) is 0 Å². The average Bonchev–Trinajstić information content (AvgIpc) is 2.47. The fraction of sp³-hybridized carbons (Fsp3) is 0.125. The van der Waals surface area contributed by atoms with Gasteiger partial charge in [0.25, 0.3) is 0 Å². The van der Waals surface area contributed by atoms with E-state index in [2.05, 4.69) is 0 Å². The summed E-state index contributed by atoms with van der Waals surface area (Å²) in [5.41, 5.74) is 2.00. The monoisotopic (exact) mass is 285 g/mol. The number of hydroxylamine groups is 2. The highest BCUT2D eigenvalue weighted by Crippen LogP contribution is 2.27. The first-order valence-corrected chi connectivity index (χ1v) is 6.47. The predicted molar refractivity (Wildman–Crippen MR) is 77.2 cm³/mol. The van der Waals surface area contributed by atoms with E-state index in [9.17, 15) is 19.9 Å². The van der Waals surface area contributed by atoms with Crippen LogP contribution < -0.4 is 0 Å². The number of ketones is 1. The standard InChI is InChI=1S/C16H15NO4/c1-2-14(11-7-9-17(21)10-8-11)15(16(19)20)12-3-5-13(18)6-4-12/h3-10,21H,2H2,1H3,(H,19,20). The lowest BCUT2D eigenvalue weighted by atomic mass is 9.91. The van der Waals surface area contributed by atoms with E-state index in [1.165, 1.54) is 36.7 Å². The van der Waals surface area contributed by atoms with Crippen molar-refractivity contribution in [1.29, 1.82) is 0 Å². The highest BCUT2D eigenvalue weighted by molar-refractivity contribution is 6.03. The Morgan fingerprint density at radius 3 is 2.10 bits per heavy atom. The van der Waals surface area contributed by atoms with Crippen LogP contribution in [0.4, 0.5) is 0 Å². The second kappa shape index (κ2) is 6.19. The summed E-state index contributed by atoms with van der Waals surface area (Å²) in [4.78, 5) is 22.8. The molecule has 0 spiro atoms. The summed E-state index contributed by atoms with van der Waals surface area (Å²) >= 11 is 0. The topological polar surface area (TPSA) is 77.8 Å². The first kappa shape index (κ1) is 14.7. The van der Waals surface area contributed by atoms with E-state index in [1.807, 2.05) is 6.92 Å². The van der Waals surface area contributed by atoms with E-state index in [1.54, 1.807) is 12.2 Å². The van der Waals surface area contributed by atoms with Crippen LogP contribution in [0.5, 0.6) is 0 Å². The van der Waals surface area contributed by atoms with E-state index in [4.69, 9.17) is 0 Å². The molecule has 0 aromatic carbocycles. The molecule has 21 heavy (non-hydrogen) atoms. The number of hydrogen-bond donors (Lipinski definition) is 2. The van der Waals surface area contributed by atoms with Gasteiger partial charge in [-0.1, -0.05) is 19.1 Å². The Bertz CT molecular complexity index is 626. The van der Waals surface area contributed by atoms with Crippen LogP contribution in [0.2, 0.25) is 0 Å². The lowest BCUT2D eigenvalue weighted by Gasteiger charge is -2.16. The quantitative estimate of drug-likeness (QED) is 0.779. The van der Waals surface area contributed by atoms with Gasteiger partial charge < -0.3 is 5.11 Å². The molecular weight excluding hydrogens is 270 g/mol. The molecule has 0 fully saturated rings. The highest BCUT2D eigenvalue weighted by atomic mass is 16.5. The Hall–Kier alpha value is -2.66. The number of rotatable bonds is 3. The molecule has 0 unspecified atom stereocenters. The van der Waals surface area contributed by atoms with Crippen LogP contribution >= 0.6 is 0 Å². The van der Waals surface area contributed by atoms with Crippen molar-refractivity contribution in [2.75, 3.05) is 0 Å². The molecule has 2 rings (SSSR count). The molecule has 0 saturated heterocycles. The molecular formula is C16H15NO4. The molecule has 0 bridgehead atoms. The maximum absolute atomic E-state index is 11.6. The maximum atomic E-state index is 11.6. The molecule has 1 aliphatic heterocycles. The number of nitrogens with zero attached hydrogens (tertiary/aromatic N) is 1. The molecule has 0 saturated carbocycles. The van der Waals surface area contributed by atoms with Crippen LogP contribution in [-0.2, 0) is 9.59 Å². The molecule has 0 aromatic heterocycles.